The summed E-state index contributed by atoms with van der Waals surface area (Å²) in [5.74, 6) is 1.18. The van der Waals surface area contributed by atoms with Crippen LogP contribution in [0.4, 0.5) is 0 Å². The summed E-state index contributed by atoms with van der Waals surface area (Å²) in [6.45, 7) is 2.31. The maximum absolute atomic E-state index is 13.1. The van der Waals surface area contributed by atoms with Gasteiger partial charge in [-0.25, -0.2) is 0 Å². The van der Waals surface area contributed by atoms with Crippen molar-refractivity contribution < 1.29 is 33.1 Å². The molecular formula is C24H17BrClNO7. The van der Waals surface area contributed by atoms with Crippen molar-refractivity contribution in [3.05, 3.63) is 73.7 Å². The number of benzene rings is 2. The van der Waals surface area contributed by atoms with E-state index in [0.29, 0.717) is 47.0 Å². The molecule has 8 nitrogen and oxygen atoms in total. The molecule has 2 aliphatic rings. The highest BCUT2D eigenvalue weighted by Gasteiger charge is 2.31. The fourth-order valence-corrected chi connectivity index (χ4v) is 4.49. The molecule has 5 rings (SSSR count). The number of carbonyl (C=O) groups is 2. The average molecular weight is 547 g/mol. The van der Waals surface area contributed by atoms with Crippen molar-refractivity contribution in [3.8, 4) is 17.2 Å². The number of nitrogens with zero attached hydrogens (tertiary/aromatic N) is 1. The Morgan fingerprint density at radius 3 is 2.91 bits per heavy atom. The monoisotopic (exact) mass is 545 g/mol. The van der Waals surface area contributed by atoms with E-state index in [0.717, 1.165) is 10.0 Å². The zero-order valence-corrected chi connectivity index (χ0v) is 20.2. The van der Waals surface area contributed by atoms with Crippen molar-refractivity contribution in [2.45, 2.75) is 26.4 Å². The molecule has 174 valence electrons. The number of allylic oxidation sites excluding steroid dienone is 1. The molecule has 3 aromatic rings. The lowest BCUT2D eigenvalue weighted by atomic mass is 10.0. The third-order valence-corrected chi connectivity index (χ3v) is 5.91. The molecule has 0 amide bonds. The van der Waals surface area contributed by atoms with Crippen LogP contribution in [-0.2, 0) is 22.6 Å². The molecule has 34 heavy (non-hydrogen) atoms. The Balaban J connectivity index is 1.35. The largest absolute Gasteiger partial charge is 0.467 e. The van der Waals surface area contributed by atoms with Crippen LogP contribution >= 0.6 is 27.5 Å². The van der Waals surface area contributed by atoms with Crippen LogP contribution in [0, 0.1) is 6.92 Å². The first-order valence-corrected chi connectivity index (χ1v) is 11.5. The van der Waals surface area contributed by atoms with E-state index in [-0.39, 0.29) is 35.7 Å². The summed E-state index contributed by atoms with van der Waals surface area (Å²) in [4.78, 5) is 25.3. The Bertz CT molecular complexity index is 1350. The second-order valence-corrected chi connectivity index (χ2v) is 9.04. The van der Waals surface area contributed by atoms with Gasteiger partial charge in [-0.05, 0) is 36.8 Å². The maximum atomic E-state index is 13.1. The van der Waals surface area contributed by atoms with Crippen molar-refractivity contribution in [2.24, 2.45) is 0 Å². The van der Waals surface area contributed by atoms with Gasteiger partial charge in [0.15, 0.2) is 17.7 Å². The molecule has 0 bridgehead atoms. The van der Waals surface area contributed by atoms with E-state index in [1.165, 1.54) is 6.07 Å². The molecule has 0 fully saturated rings. The number of esters is 1. The van der Waals surface area contributed by atoms with E-state index in [1.54, 1.807) is 25.1 Å². The summed E-state index contributed by atoms with van der Waals surface area (Å²) in [6, 6.07) is 8.46. The number of ether oxygens (including phenoxy) is 4. The number of aryl methyl sites for hydroxylation is 2. The molecule has 0 aliphatic carbocycles. The minimum Gasteiger partial charge on any atom is -0.467 e. The molecule has 1 aromatic heterocycles. The molecule has 0 radical (unpaired) electrons. The zero-order chi connectivity index (χ0) is 23.8. The molecule has 2 aromatic carbocycles. The van der Waals surface area contributed by atoms with Gasteiger partial charge in [-0.2, -0.15) is 0 Å². The lowest BCUT2D eigenvalue weighted by Crippen LogP contribution is -2.12. The van der Waals surface area contributed by atoms with Crippen LogP contribution in [0.5, 0.6) is 17.2 Å². The Hall–Kier alpha value is -3.14. The first kappa shape index (κ1) is 22.6. The van der Waals surface area contributed by atoms with Crippen LogP contribution in [-0.4, -0.2) is 23.7 Å². The number of rotatable bonds is 5. The number of carbonyl (C=O) groups excluding carboxylic acids is 2. The Morgan fingerprint density at radius 1 is 1.26 bits per heavy atom. The number of ketones is 1. The smallest absolute Gasteiger partial charge is 0.311 e. The molecule has 0 atom stereocenters. The van der Waals surface area contributed by atoms with Crippen LogP contribution < -0.4 is 14.2 Å². The first-order valence-electron chi connectivity index (χ1n) is 10.3. The van der Waals surface area contributed by atoms with Gasteiger partial charge in [-0.15, -0.1) is 0 Å². The normalized spacial score (nSPS) is 15.5. The van der Waals surface area contributed by atoms with Gasteiger partial charge in [0.1, 0.15) is 23.0 Å². The van der Waals surface area contributed by atoms with Crippen LogP contribution in [0.1, 0.15) is 39.2 Å². The van der Waals surface area contributed by atoms with Crippen molar-refractivity contribution >= 4 is 45.4 Å². The molecule has 0 unspecified atom stereocenters. The van der Waals surface area contributed by atoms with Gasteiger partial charge in [0.05, 0.1) is 18.6 Å². The molecule has 0 N–H and O–H groups in total. The summed E-state index contributed by atoms with van der Waals surface area (Å²) < 4.78 is 28.1. The zero-order valence-electron chi connectivity index (χ0n) is 17.9. The van der Waals surface area contributed by atoms with Crippen molar-refractivity contribution in [2.75, 3.05) is 6.79 Å². The third kappa shape index (κ3) is 4.59. The van der Waals surface area contributed by atoms with E-state index < -0.39 is 5.97 Å². The van der Waals surface area contributed by atoms with Crippen LogP contribution in [0.2, 0.25) is 5.15 Å². The van der Waals surface area contributed by atoms with E-state index in [4.69, 9.17) is 35.1 Å². The highest BCUT2D eigenvalue weighted by molar-refractivity contribution is 9.10. The molecule has 0 saturated carbocycles. The molecule has 3 heterocycles. The van der Waals surface area contributed by atoms with E-state index in [9.17, 15) is 9.59 Å². The SMILES string of the molecule is Cc1cc(OC(=O)CCc2cc(Cl)no2)cc2c1C(=O)/C(=C/c1cc(Br)cc3c1OCOC3)O2. The lowest BCUT2D eigenvalue weighted by Gasteiger charge is -2.20. The van der Waals surface area contributed by atoms with Crippen molar-refractivity contribution in [3.63, 3.8) is 0 Å². The van der Waals surface area contributed by atoms with Crippen LogP contribution in [0.25, 0.3) is 6.08 Å². The van der Waals surface area contributed by atoms with E-state index in [2.05, 4.69) is 21.1 Å². The van der Waals surface area contributed by atoms with Crippen molar-refractivity contribution in [1.82, 2.24) is 5.16 Å². The van der Waals surface area contributed by atoms with Gasteiger partial charge >= 0.3 is 5.97 Å². The van der Waals surface area contributed by atoms with Gasteiger partial charge < -0.3 is 23.5 Å². The predicted octanol–water partition coefficient (Wildman–Crippen LogP) is 5.42. The second kappa shape index (κ2) is 9.25. The first-order chi connectivity index (χ1) is 16.4. The molecule has 10 heteroatoms. The minimum absolute atomic E-state index is 0.0737. The standard InChI is InChI=1S/C24H17BrClNO7/c1-12-4-17(32-21(28)3-2-16-9-20(26)27-34-16)8-18-22(12)23(29)19(33-18)7-13-5-15(25)6-14-10-30-11-31-24(13)14/h4-9H,2-3,10-11H2,1H3/b19-7-. The summed E-state index contributed by atoms with van der Waals surface area (Å²) in [5.41, 5.74) is 2.63. The van der Waals surface area contributed by atoms with Crippen molar-refractivity contribution in [1.29, 1.82) is 0 Å². The molecular weight excluding hydrogens is 530 g/mol. The van der Waals surface area contributed by atoms with Gasteiger partial charge in [0.25, 0.3) is 0 Å². The highest BCUT2D eigenvalue weighted by Crippen LogP contribution is 2.39. The molecule has 2 aliphatic heterocycles. The van der Waals surface area contributed by atoms with Crippen LogP contribution in [0.15, 0.2) is 45.1 Å². The maximum Gasteiger partial charge on any atom is 0.311 e. The summed E-state index contributed by atoms with van der Waals surface area (Å²) >= 11 is 9.19. The van der Waals surface area contributed by atoms with Gasteiger partial charge in [-0.1, -0.05) is 32.7 Å². The average Bonchev–Trinajstić information content (AvgIpc) is 3.35. The highest BCUT2D eigenvalue weighted by atomic mass is 79.9. The summed E-state index contributed by atoms with van der Waals surface area (Å²) in [5, 5.41) is 3.80. The number of hydrogen-bond acceptors (Lipinski definition) is 8. The Morgan fingerprint density at radius 2 is 2.12 bits per heavy atom. The fourth-order valence-electron chi connectivity index (χ4n) is 3.81. The number of hydrogen-bond donors (Lipinski definition) is 0. The van der Waals surface area contributed by atoms with Gasteiger partial charge in [0.2, 0.25) is 5.78 Å². The predicted molar refractivity (Wildman–Crippen MR) is 124 cm³/mol. The van der Waals surface area contributed by atoms with Gasteiger partial charge in [-0.3, -0.25) is 9.59 Å². The number of fused-ring (bicyclic) bond motifs is 2. The fraction of sp³-hybridized carbons (Fsp3) is 0.208. The van der Waals surface area contributed by atoms with Crippen LogP contribution in [0.3, 0.4) is 0 Å². The number of halogens is 2. The lowest BCUT2D eigenvalue weighted by molar-refractivity contribution is -0.134. The van der Waals surface area contributed by atoms with E-state index in [1.807, 2.05) is 12.1 Å². The number of aromatic nitrogens is 1. The molecule has 0 spiro atoms. The third-order valence-electron chi connectivity index (χ3n) is 5.27. The Kier molecular flexibility index (Phi) is 6.16. The number of Topliss-reactive ketones (excluding diaryl/α,β-unsaturated/α-hetero) is 1. The second-order valence-electron chi connectivity index (χ2n) is 7.74. The summed E-state index contributed by atoms with van der Waals surface area (Å²) in [6.07, 6.45) is 2.02. The summed E-state index contributed by atoms with van der Waals surface area (Å²) in [7, 11) is 0. The minimum atomic E-state index is -0.466. The Labute approximate surface area is 207 Å². The van der Waals surface area contributed by atoms with Gasteiger partial charge in [0, 0.05) is 34.2 Å². The quantitative estimate of drug-likeness (QED) is 0.238. The molecule has 0 saturated heterocycles. The van der Waals surface area contributed by atoms with E-state index >= 15 is 0 Å². The topological polar surface area (TPSA) is 97.1 Å².